The van der Waals surface area contributed by atoms with Crippen molar-refractivity contribution in [2.45, 2.75) is 17.7 Å². The molecule has 21 heavy (non-hydrogen) atoms. The van der Waals surface area contributed by atoms with E-state index in [1.807, 2.05) is 0 Å². The van der Waals surface area contributed by atoms with Crippen LogP contribution in [0.4, 0.5) is 10.1 Å². The van der Waals surface area contributed by atoms with Crippen molar-refractivity contribution in [1.82, 2.24) is 9.21 Å². The van der Waals surface area contributed by atoms with Gasteiger partial charge in [-0.05, 0) is 30.9 Å². The second-order valence-corrected chi connectivity index (χ2v) is 7.71. The number of anilines is 1. The molecule has 0 bridgehead atoms. The normalized spacial score (nSPS) is 21.6. The van der Waals surface area contributed by atoms with Crippen LogP contribution in [0.2, 0.25) is 0 Å². The Bertz CT molecular complexity index is 623. The van der Waals surface area contributed by atoms with Crippen molar-refractivity contribution in [3.63, 3.8) is 0 Å². The molecule has 1 aromatic carbocycles. The summed E-state index contributed by atoms with van der Waals surface area (Å²) < 4.78 is 40.0. The summed E-state index contributed by atoms with van der Waals surface area (Å²) in [5, 5.41) is 0. The first-order valence-electron chi connectivity index (χ1n) is 7.25. The quantitative estimate of drug-likeness (QED) is 0.846. The number of nitrogen functional groups attached to an aromatic ring is 1. The molecular formula is C14H20FN3O2S. The van der Waals surface area contributed by atoms with E-state index in [1.54, 1.807) is 0 Å². The van der Waals surface area contributed by atoms with Gasteiger partial charge in [-0.3, -0.25) is 0 Å². The summed E-state index contributed by atoms with van der Waals surface area (Å²) in [5.74, 6) is 0.107. The highest BCUT2D eigenvalue weighted by molar-refractivity contribution is 7.89. The number of rotatable bonds is 4. The molecule has 0 radical (unpaired) electrons. The highest BCUT2D eigenvalue weighted by atomic mass is 32.2. The monoisotopic (exact) mass is 313 g/mol. The van der Waals surface area contributed by atoms with Gasteiger partial charge in [0.25, 0.3) is 0 Å². The zero-order chi connectivity index (χ0) is 15.0. The molecule has 2 N–H and O–H groups in total. The molecule has 116 valence electrons. The maximum absolute atomic E-state index is 13.5. The molecule has 0 aromatic heterocycles. The third-order valence-electron chi connectivity index (χ3n) is 4.18. The maximum Gasteiger partial charge on any atom is 0.245 e. The van der Waals surface area contributed by atoms with E-state index in [0.29, 0.717) is 13.1 Å². The lowest BCUT2D eigenvalue weighted by Crippen LogP contribution is -2.49. The summed E-state index contributed by atoms with van der Waals surface area (Å²) in [6, 6.07) is 3.91. The lowest BCUT2D eigenvalue weighted by atomic mass is 10.3. The minimum absolute atomic E-state index is 0.127. The average Bonchev–Trinajstić information content (AvgIpc) is 3.26. The zero-order valence-electron chi connectivity index (χ0n) is 11.8. The van der Waals surface area contributed by atoms with Gasteiger partial charge in [-0.25, -0.2) is 12.8 Å². The second-order valence-electron chi connectivity index (χ2n) is 5.80. The van der Waals surface area contributed by atoms with E-state index in [0.717, 1.165) is 25.6 Å². The molecule has 3 rings (SSSR count). The predicted molar refractivity (Wildman–Crippen MR) is 78.7 cm³/mol. The molecule has 1 aliphatic heterocycles. The minimum Gasteiger partial charge on any atom is -0.395 e. The van der Waals surface area contributed by atoms with Crippen molar-refractivity contribution in [3.8, 4) is 0 Å². The standard InChI is InChI=1S/C14H20FN3O2S/c15-12-2-1-3-13(14(12)16)21(19,20)18-8-6-17(7-9-18)10-11-4-5-11/h1-3,11H,4-10,16H2. The summed E-state index contributed by atoms with van der Waals surface area (Å²) in [6.07, 6.45) is 2.58. The summed E-state index contributed by atoms with van der Waals surface area (Å²) in [4.78, 5) is 2.18. The average molecular weight is 313 g/mol. The van der Waals surface area contributed by atoms with Crippen LogP contribution in [0.1, 0.15) is 12.8 Å². The number of nitrogens with two attached hydrogens (primary N) is 1. The van der Waals surface area contributed by atoms with E-state index in [4.69, 9.17) is 5.73 Å². The van der Waals surface area contributed by atoms with Gasteiger partial charge in [0.2, 0.25) is 10.0 Å². The Labute approximate surface area is 124 Å². The summed E-state index contributed by atoms with van der Waals surface area (Å²) in [7, 11) is -3.71. The van der Waals surface area contributed by atoms with Gasteiger partial charge in [-0.2, -0.15) is 4.31 Å². The van der Waals surface area contributed by atoms with Crippen LogP contribution in [0.5, 0.6) is 0 Å². The maximum atomic E-state index is 13.5. The largest absolute Gasteiger partial charge is 0.395 e. The smallest absolute Gasteiger partial charge is 0.245 e. The molecule has 5 nitrogen and oxygen atoms in total. The zero-order valence-corrected chi connectivity index (χ0v) is 12.7. The second kappa shape index (κ2) is 5.55. The molecule has 7 heteroatoms. The fraction of sp³-hybridized carbons (Fsp3) is 0.571. The van der Waals surface area contributed by atoms with Crippen molar-refractivity contribution in [1.29, 1.82) is 0 Å². The van der Waals surface area contributed by atoms with E-state index in [1.165, 1.54) is 35.3 Å². The number of nitrogens with zero attached hydrogens (tertiary/aromatic N) is 2. The number of halogens is 1. The molecule has 0 amide bonds. The third-order valence-corrected chi connectivity index (χ3v) is 6.13. The number of piperazine rings is 1. The van der Waals surface area contributed by atoms with Gasteiger partial charge in [0.05, 0.1) is 5.69 Å². The Morgan fingerprint density at radius 2 is 1.86 bits per heavy atom. The van der Waals surface area contributed by atoms with Gasteiger partial charge >= 0.3 is 0 Å². The first kappa shape index (κ1) is 14.7. The van der Waals surface area contributed by atoms with Crippen LogP contribution in [0.3, 0.4) is 0 Å². The Hall–Kier alpha value is -1.18. The van der Waals surface area contributed by atoms with Crippen molar-refractivity contribution in [2.24, 2.45) is 5.92 Å². The number of benzene rings is 1. The number of para-hydroxylation sites is 1. The minimum atomic E-state index is -3.71. The first-order chi connectivity index (χ1) is 9.98. The SMILES string of the molecule is Nc1c(F)cccc1S(=O)(=O)N1CCN(CC2CC2)CC1. The fourth-order valence-corrected chi connectivity index (χ4v) is 4.25. The topological polar surface area (TPSA) is 66.6 Å². The van der Waals surface area contributed by atoms with Crippen LogP contribution in [-0.2, 0) is 10.0 Å². The van der Waals surface area contributed by atoms with Crippen molar-refractivity contribution >= 4 is 15.7 Å². The molecule has 1 aromatic rings. The molecule has 0 atom stereocenters. The molecule has 2 fully saturated rings. The van der Waals surface area contributed by atoms with E-state index in [9.17, 15) is 12.8 Å². The first-order valence-corrected chi connectivity index (χ1v) is 8.69. The van der Waals surface area contributed by atoms with Gasteiger partial charge in [0.1, 0.15) is 10.7 Å². The summed E-state index contributed by atoms with van der Waals surface area (Å²) in [6.45, 7) is 3.39. The number of hydrogen-bond donors (Lipinski definition) is 1. The van der Waals surface area contributed by atoms with Gasteiger partial charge < -0.3 is 10.6 Å². The van der Waals surface area contributed by atoms with Crippen LogP contribution in [0, 0.1) is 11.7 Å². The van der Waals surface area contributed by atoms with Crippen LogP contribution in [-0.4, -0.2) is 50.3 Å². The molecule has 0 unspecified atom stereocenters. The Kier molecular flexibility index (Phi) is 3.90. The molecule has 1 saturated carbocycles. The Morgan fingerprint density at radius 1 is 1.19 bits per heavy atom. The van der Waals surface area contributed by atoms with Gasteiger partial charge in [0.15, 0.2) is 0 Å². The summed E-state index contributed by atoms with van der Waals surface area (Å²) >= 11 is 0. The third kappa shape index (κ3) is 3.04. The van der Waals surface area contributed by atoms with Crippen LogP contribution < -0.4 is 5.73 Å². The Balaban J connectivity index is 1.72. The van der Waals surface area contributed by atoms with Crippen LogP contribution in [0.25, 0.3) is 0 Å². The molecule has 0 spiro atoms. The highest BCUT2D eigenvalue weighted by Gasteiger charge is 2.32. The lowest BCUT2D eigenvalue weighted by molar-refractivity contribution is 0.182. The number of sulfonamides is 1. The van der Waals surface area contributed by atoms with Gasteiger partial charge in [-0.1, -0.05) is 6.07 Å². The van der Waals surface area contributed by atoms with E-state index >= 15 is 0 Å². The molecule has 2 aliphatic rings. The molecular weight excluding hydrogens is 293 g/mol. The molecule has 1 aliphatic carbocycles. The van der Waals surface area contributed by atoms with E-state index in [-0.39, 0.29) is 10.6 Å². The molecule has 1 saturated heterocycles. The van der Waals surface area contributed by atoms with Crippen LogP contribution >= 0.6 is 0 Å². The van der Waals surface area contributed by atoms with E-state index < -0.39 is 15.8 Å². The van der Waals surface area contributed by atoms with Gasteiger partial charge in [0, 0.05) is 32.7 Å². The van der Waals surface area contributed by atoms with Crippen LogP contribution in [0.15, 0.2) is 23.1 Å². The lowest BCUT2D eigenvalue weighted by Gasteiger charge is -2.34. The van der Waals surface area contributed by atoms with Crippen molar-refractivity contribution < 1.29 is 12.8 Å². The van der Waals surface area contributed by atoms with E-state index in [2.05, 4.69) is 4.90 Å². The van der Waals surface area contributed by atoms with Crippen molar-refractivity contribution in [2.75, 3.05) is 38.5 Å². The van der Waals surface area contributed by atoms with Gasteiger partial charge in [-0.15, -0.1) is 0 Å². The fourth-order valence-electron chi connectivity index (χ4n) is 2.70. The Morgan fingerprint density at radius 3 is 2.48 bits per heavy atom. The number of hydrogen-bond acceptors (Lipinski definition) is 4. The predicted octanol–water partition coefficient (Wildman–Crippen LogP) is 1.12. The molecule has 1 heterocycles. The summed E-state index contributed by atoms with van der Waals surface area (Å²) in [5.41, 5.74) is 5.29. The highest BCUT2D eigenvalue weighted by Crippen LogP contribution is 2.30. The van der Waals surface area contributed by atoms with Crippen molar-refractivity contribution in [3.05, 3.63) is 24.0 Å².